The summed E-state index contributed by atoms with van der Waals surface area (Å²) in [5.74, 6) is -0.576. The molecule has 0 fully saturated rings. The van der Waals surface area contributed by atoms with Gasteiger partial charge in [0.05, 0.1) is 6.61 Å². The quantitative estimate of drug-likeness (QED) is 0.0541. The summed E-state index contributed by atoms with van der Waals surface area (Å²) in [5.41, 5.74) is 0. The van der Waals surface area contributed by atoms with Gasteiger partial charge in [0.25, 0.3) is 0 Å². The van der Waals surface area contributed by atoms with Crippen molar-refractivity contribution >= 4 is 11.9 Å². The third-order valence-corrected chi connectivity index (χ3v) is 9.15. The van der Waals surface area contributed by atoms with Gasteiger partial charge in [-0.25, -0.2) is 0 Å². The first-order chi connectivity index (χ1) is 22.1. The van der Waals surface area contributed by atoms with E-state index in [0.717, 1.165) is 32.1 Å². The van der Waals surface area contributed by atoms with Crippen molar-refractivity contribution in [3.63, 3.8) is 0 Å². The molecule has 0 radical (unpaired) electrons. The molecule has 0 aliphatic carbocycles. The monoisotopic (exact) mass is 639 g/mol. The van der Waals surface area contributed by atoms with Crippen molar-refractivity contribution in [2.45, 2.75) is 232 Å². The van der Waals surface area contributed by atoms with Crippen LogP contribution in [0.15, 0.2) is 0 Å². The van der Waals surface area contributed by atoms with Crippen LogP contribution in [-0.4, -0.2) is 36.4 Å². The molecule has 1 N–H and O–H groups in total. The molecule has 0 saturated heterocycles. The van der Waals surface area contributed by atoms with E-state index >= 15 is 0 Å². The maximum absolute atomic E-state index is 12.2. The van der Waals surface area contributed by atoms with E-state index in [1.165, 1.54) is 167 Å². The number of hydrogen-bond acceptors (Lipinski definition) is 5. The Balaban J connectivity index is 3.47. The molecule has 0 aliphatic rings. The van der Waals surface area contributed by atoms with Crippen LogP contribution in [0.5, 0.6) is 0 Å². The Morgan fingerprint density at radius 3 is 0.978 bits per heavy atom. The molecule has 5 heteroatoms. The van der Waals surface area contributed by atoms with E-state index in [0.29, 0.717) is 12.8 Å². The van der Waals surface area contributed by atoms with E-state index in [4.69, 9.17) is 9.47 Å². The Bertz CT molecular complexity index is 607. The van der Waals surface area contributed by atoms with E-state index in [-0.39, 0.29) is 25.2 Å². The van der Waals surface area contributed by atoms with Gasteiger partial charge in [0.2, 0.25) is 0 Å². The summed E-state index contributed by atoms with van der Waals surface area (Å²) in [4.78, 5) is 24.2. The van der Waals surface area contributed by atoms with Gasteiger partial charge in [-0.05, 0) is 12.8 Å². The highest BCUT2D eigenvalue weighted by atomic mass is 16.6. The highest BCUT2D eigenvalue weighted by Gasteiger charge is 2.16. The Hall–Kier alpha value is -1.10. The second-order valence-corrected chi connectivity index (χ2v) is 13.7. The number of aliphatic hydroxyl groups excluding tert-OH is 1. The normalized spacial score (nSPS) is 12.0. The minimum atomic E-state index is -0.760. The molecule has 268 valence electrons. The maximum Gasteiger partial charge on any atom is 0.306 e. The molecule has 0 unspecified atom stereocenters. The van der Waals surface area contributed by atoms with Gasteiger partial charge in [0.1, 0.15) is 6.61 Å². The summed E-state index contributed by atoms with van der Waals surface area (Å²) in [7, 11) is 0. The number of unbranched alkanes of at least 4 members (excludes halogenated alkanes) is 29. The molecule has 45 heavy (non-hydrogen) atoms. The topological polar surface area (TPSA) is 72.8 Å². The molecular formula is C40H78O5. The van der Waals surface area contributed by atoms with Gasteiger partial charge in [-0.3, -0.25) is 9.59 Å². The highest BCUT2D eigenvalue weighted by Crippen LogP contribution is 2.16. The van der Waals surface area contributed by atoms with E-state index in [1.807, 2.05) is 0 Å². The molecule has 0 saturated carbocycles. The third kappa shape index (κ3) is 35.6. The van der Waals surface area contributed by atoms with Crippen LogP contribution in [0.1, 0.15) is 226 Å². The zero-order chi connectivity index (χ0) is 32.9. The lowest BCUT2D eigenvalue weighted by molar-refractivity contribution is -0.161. The number of carbonyl (C=O) groups excluding carboxylic acids is 2. The molecule has 0 rings (SSSR count). The lowest BCUT2D eigenvalue weighted by Crippen LogP contribution is -2.28. The fourth-order valence-electron chi connectivity index (χ4n) is 6.08. The van der Waals surface area contributed by atoms with Crippen LogP contribution in [0, 0.1) is 0 Å². The second kappa shape index (κ2) is 37.4. The summed E-state index contributed by atoms with van der Waals surface area (Å²) in [6.07, 6.45) is 40.2. The second-order valence-electron chi connectivity index (χ2n) is 13.7. The molecule has 1 atom stereocenters. The molecular weight excluding hydrogens is 560 g/mol. The largest absolute Gasteiger partial charge is 0.462 e. The van der Waals surface area contributed by atoms with Crippen LogP contribution in [0.3, 0.4) is 0 Å². The predicted octanol–water partition coefficient (Wildman–Crippen LogP) is 12.3. The van der Waals surface area contributed by atoms with Crippen molar-refractivity contribution in [2.75, 3.05) is 13.2 Å². The Morgan fingerprint density at radius 2 is 0.689 bits per heavy atom. The average Bonchev–Trinajstić information content (AvgIpc) is 3.04. The standard InChI is InChI=1S/C40H78O5/c1-3-5-7-9-11-13-15-17-18-19-20-21-22-23-25-27-29-31-33-35-40(43)45-38(36-41)37-44-39(42)34-32-30-28-26-24-16-14-12-10-8-6-4-2/h38,41H,3-37H2,1-2H3/t38-/m0/s1. The van der Waals surface area contributed by atoms with Gasteiger partial charge < -0.3 is 14.6 Å². The highest BCUT2D eigenvalue weighted by molar-refractivity contribution is 5.70. The predicted molar refractivity (Wildman–Crippen MR) is 192 cm³/mol. The average molecular weight is 639 g/mol. The fraction of sp³-hybridized carbons (Fsp3) is 0.950. The molecule has 0 aromatic carbocycles. The first kappa shape index (κ1) is 43.9. The lowest BCUT2D eigenvalue weighted by atomic mass is 10.0. The minimum absolute atomic E-state index is 0.0570. The van der Waals surface area contributed by atoms with Crippen molar-refractivity contribution in [1.29, 1.82) is 0 Å². The summed E-state index contributed by atoms with van der Waals surface area (Å²) < 4.78 is 10.6. The van der Waals surface area contributed by atoms with Crippen LogP contribution in [0.2, 0.25) is 0 Å². The number of ether oxygens (including phenoxy) is 2. The molecule has 0 amide bonds. The summed E-state index contributed by atoms with van der Waals surface area (Å²) in [5, 5.41) is 9.54. The molecule has 5 nitrogen and oxygen atoms in total. The number of aliphatic hydroxyl groups is 1. The van der Waals surface area contributed by atoms with Crippen molar-refractivity contribution in [1.82, 2.24) is 0 Å². The molecule has 0 bridgehead atoms. The SMILES string of the molecule is CCCCCCCCCCCCCCCCCCCCCC(=O)O[C@@H](CO)COC(=O)CCCCCCCCCCCCCC. The van der Waals surface area contributed by atoms with Crippen molar-refractivity contribution < 1.29 is 24.2 Å². The summed E-state index contributed by atoms with van der Waals surface area (Å²) in [6, 6.07) is 0. The maximum atomic E-state index is 12.2. The summed E-state index contributed by atoms with van der Waals surface area (Å²) >= 11 is 0. The zero-order valence-corrected chi connectivity index (χ0v) is 30.4. The van der Waals surface area contributed by atoms with E-state index in [9.17, 15) is 14.7 Å². The molecule has 0 aliphatic heterocycles. The van der Waals surface area contributed by atoms with Gasteiger partial charge >= 0.3 is 11.9 Å². The summed E-state index contributed by atoms with van der Waals surface area (Å²) in [6.45, 7) is 4.16. The van der Waals surface area contributed by atoms with E-state index < -0.39 is 6.10 Å². The van der Waals surface area contributed by atoms with E-state index in [1.54, 1.807) is 0 Å². The van der Waals surface area contributed by atoms with Crippen LogP contribution < -0.4 is 0 Å². The number of esters is 2. The Kier molecular flexibility index (Phi) is 36.4. The van der Waals surface area contributed by atoms with Gasteiger partial charge in [0.15, 0.2) is 6.10 Å². The Labute approximate surface area is 280 Å². The smallest absolute Gasteiger partial charge is 0.306 e. The van der Waals surface area contributed by atoms with Crippen molar-refractivity contribution in [3.05, 3.63) is 0 Å². The van der Waals surface area contributed by atoms with Crippen molar-refractivity contribution in [2.24, 2.45) is 0 Å². The fourth-order valence-corrected chi connectivity index (χ4v) is 6.08. The van der Waals surface area contributed by atoms with Crippen LogP contribution in [0.4, 0.5) is 0 Å². The molecule has 0 aromatic rings. The lowest BCUT2D eigenvalue weighted by Gasteiger charge is -2.15. The number of rotatable bonds is 37. The van der Waals surface area contributed by atoms with E-state index in [2.05, 4.69) is 13.8 Å². The minimum Gasteiger partial charge on any atom is -0.462 e. The molecule has 0 spiro atoms. The third-order valence-electron chi connectivity index (χ3n) is 9.15. The van der Waals surface area contributed by atoms with Gasteiger partial charge in [-0.1, -0.05) is 200 Å². The van der Waals surface area contributed by atoms with Gasteiger partial charge in [-0.15, -0.1) is 0 Å². The van der Waals surface area contributed by atoms with Gasteiger partial charge in [-0.2, -0.15) is 0 Å². The molecule has 0 aromatic heterocycles. The van der Waals surface area contributed by atoms with Crippen LogP contribution in [0.25, 0.3) is 0 Å². The van der Waals surface area contributed by atoms with Gasteiger partial charge in [0, 0.05) is 12.8 Å². The number of hydrogen-bond donors (Lipinski definition) is 1. The molecule has 0 heterocycles. The first-order valence-corrected chi connectivity index (χ1v) is 20.1. The van der Waals surface area contributed by atoms with Crippen LogP contribution in [-0.2, 0) is 19.1 Å². The van der Waals surface area contributed by atoms with Crippen molar-refractivity contribution in [3.8, 4) is 0 Å². The first-order valence-electron chi connectivity index (χ1n) is 20.1. The Morgan fingerprint density at radius 1 is 0.422 bits per heavy atom. The van der Waals surface area contributed by atoms with Crippen LogP contribution >= 0.6 is 0 Å². The zero-order valence-electron chi connectivity index (χ0n) is 30.4. The number of carbonyl (C=O) groups is 2.